The van der Waals surface area contributed by atoms with E-state index in [1.54, 1.807) is 0 Å². The van der Waals surface area contributed by atoms with E-state index in [4.69, 9.17) is 9.31 Å². The lowest BCUT2D eigenvalue weighted by atomic mass is 9.78. The van der Waals surface area contributed by atoms with Gasteiger partial charge in [0.1, 0.15) is 0 Å². The molecule has 0 radical (unpaired) electrons. The first-order chi connectivity index (χ1) is 19.3. The average molecular weight is 519 g/mol. The van der Waals surface area contributed by atoms with E-state index < -0.39 is 7.12 Å². The topological polar surface area (TPSA) is 23.4 Å². The van der Waals surface area contributed by atoms with Crippen molar-refractivity contribution in [3.05, 3.63) is 109 Å². The standard InChI is InChI=1S/C36H30BNO2/c1-35(2)36(3,4)40-37(39-35)23-17-20-34-32(21-23)30-15-9-10-16-33(30)38(34)24-18-19-29-27-13-6-5-11-25(27)26-12-7-8-14-28(26)31(29)22-24/h5-22H,1-4H3. The molecule has 2 heterocycles. The highest BCUT2D eigenvalue weighted by Gasteiger charge is 2.51. The first kappa shape index (κ1) is 23.7. The van der Waals surface area contributed by atoms with Crippen molar-refractivity contribution < 1.29 is 9.31 Å². The van der Waals surface area contributed by atoms with Gasteiger partial charge < -0.3 is 13.9 Å². The molecule has 0 saturated carbocycles. The summed E-state index contributed by atoms with van der Waals surface area (Å²) < 4.78 is 15.2. The molecule has 1 aromatic heterocycles. The van der Waals surface area contributed by atoms with Gasteiger partial charge >= 0.3 is 7.12 Å². The number of nitrogens with zero attached hydrogens (tertiary/aromatic N) is 1. The van der Waals surface area contributed by atoms with Crippen LogP contribution in [0.25, 0.3) is 59.8 Å². The smallest absolute Gasteiger partial charge is 0.399 e. The number of hydrogen-bond donors (Lipinski definition) is 0. The molecule has 194 valence electrons. The van der Waals surface area contributed by atoms with Gasteiger partial charge in [-0.3, -0.25) is 0 Å². The molecule has 1 aliphatic heterocycles. The quantitative estimate of drug-likeness (QED) is 0.169. The van der Waals surface area contributed by atoms with Crippen LogP contribution in [-0.4, -0.2) is 22.9 Å². The predicted octanol–water partition coefficient (Wildman–Crippen LogP) is 8.54. The summed E-state index contributed by atoms with van der Waals surface area (Å²) in [5, 5.41) is 10.1. The molecule has 0 spiro atoms. The molecule has 0 N–H and O–H groups in total. The van der Waals surface area contributed by atoms with E-state index in [1.165, 1.54) is 54.1 Å². The molecule has 0 bridgehead atoms. The van der Waals surface area contributed by atoms with Gasteiger partial charge in [-0.25, -0.2) is 0 Å². The van der Waals surface area contributed by atoms with Crippen LogP contribution in [-0.2, 0) is 9.31 Å². The first-order valence-electron chi connectivity index (χ1n) is 14.0. The summed E-state index contributed by atoms with van der Waals surface area (Å²) in [6, 6.07) is 39.7. The number of benzene rings is 6. The maximum absolute atomic E-state index is 6.40. The molecular formula is C36H30BNO2. The molecule has 1 aliphatic rings. The minimum atomic E-state index is -0.392. The van der Waals surface area contributed by atoms with E-state index in [0.717, 1.165) is 11.2 Å². The van der Waals surface area contributed by atoms with E-state index in [9.17, 15) is 0 Å². The van der Waals surface area contributed by atoms with Crippen LogP contribution in [0.3, 0.4) is 0 Å². The van der Waals surface area contributed by atoms with Crippen molar-refractivity contribution in [2.24, 2.45) is 0 Å². The third-order valence-electron chi connectivity index (χ3n) is 9.21. The van der Waals surface area contributed by atoms with Gasteiger partial charge in [-0.05, 0) is 89.7 Å². The molecule has 7 aromatic rings. The second kappa shape index (κ2) is 8.20. The van der Waals surface area contributed by atoms with Crippen LogP contribution in [0.5, 0.6) is 0 Å². The SMILES string of the molecule is CC1(C)OB(c2ccc3c(c2)c2ccccc2n3-c2ccc3c4ccccc4c4ccccc4c3c2)OC1(C)C. The van der Waals surface area contributed by atoms with E-state index in [2.05, 4.69) is 141 Å². The number of para-hydroxylation sites is 1. The second-order valence-electron chi connectivity index (χ2n) is 12.0. The summed E-state index contributed by atoms with van der Waals surface area (Å²) in [4.78, 5) is 0. The largest absolute Gasteiger partial charge is 0.494 e. The van der Waals surface area contributed by atoms with Crippen molar-refractivity contribution in [1.29, 1.82) is 0 Å². The van der Waals surface area contributed by atoms with Crippen LogP contribution in [0.15, 0.2) is 109 Å². The van der Waals surface area contributed by atoms with E-state index in [-0.39, 0.29) is 11.2 Å². The van der Waals surface area contributed by atoms with Crippen molar-refractivity contribution >= 4 is 66.7 Å². The molecule has 0 amide bonds. The van der Waals surface area contributed by atoms with Gasteiger partial charge in [0, 0.05) is 16.5 Å². The summed E-state index contributed by atoms with van der Waals surface area (Å²) in [5.41, 5.74) is 3.81. The first-order valence-corrected chi connectivity index (χ1v) is 14.0. The molecule has 0 atom stereocenters. The van der Waals surface area contributed by atoms with Gasteiger partial charge in [-0.2, -0.15) is 0 Å². The van der Waals surface area contributed by atoms with Crippen molar-refractivity contribution in [3.8, 4) is 5.69 Å². The highest BCUT2D eigenvalue weighted by atomic mass is 16.7. The third kappa shape index (κ3) is 3.27. The van der Waals surface area contributed by atoms with Crippen molar-refractivity contribution in [1.82, 2.24) is 4.57 Å². The van der Waals surface area contributed by atoms with Crippen LogP contribution in [0.4, 0.5) is 0 Å². The number of rotatable bonds is 2. The van der Waals surface area contributed by atoms with Crippen molar-refractivity contribution in [2.75, 3.05) is 0 Å². The molecule has 0 aliphatic carbocycles. The Hall–Kier alpha value is -4.12. The lowest BCUT2D eigenvalue weighted by Crippen LogP contribution is -2.41. The fourth-order valence-electron chi connectivity index (χ4n) is 6.43. The number of hydrogen-bond acceptors (Lipinski definition) is 2. The van der Waals surface area contributed by atoms with Gasteiger partial charge in [0.2, 0.25) is 0 Å². The lowest BCUT2D eigenvalue weighted by molar-refractivity contribution is 0.00578. The van der Waals surface area contributed by atoms with E-state index in [0.29, 0.717) is 0 Å². The Balaban J connectivity index is 1.37. The number of fused-ring (bicyclic) bond motifs is 9. The Bertz CT molecular complexity index is 2090. The minimum absolute atomic E-state index is 0.376. The molecule has 40 heavy (non-hydrogen) atoms. The van der Waals surface area contributed by atoms with E-state index >= 15 is 0 Å². The van der Waals surface area contributed by atoms with Gasteiger partial charge in [-0.1, -0.05) is 84.9 Å². The second-order valence-corrected chi connectivity index (χ2v) is 12.0. The maximum Gasteiger partial charge on any atom is 0.494 e. The lowest BCUT2D eigenvalue weighted by Gasteiger charge is -2.32. The molecule has 8 rings (SSSR count). The Morgan fingerprint density at radius 1 is 0.475 bits per heavy atom. The van der Waals surface area contributed by atoms with Crippen LogP contribution in [0, 0.1) is 0 Å². The van der Waals surface area contributed by atoms with Gasteiger partial charge in [-0.15, -0.1) is 0 Å². The van der Waals surface area contributed by atoms with Gasteiger partial charge in [0.25, 0.3) is 0 Å². The zero-order valence-corrected chi connectivity index (χ0v) is 23.2. The minimum Gasteiger partial charge on any atom is -0.399 e. The molecular weight excluding hydrogens is 489 g/mol. The summed E-state index contributed by atoms with van der Waals surface area (Å²) in [5.74, 6) is 0. The Kier molecular flexibility index (Phi) is 4.87. The fraction of sp³-hybridized carbons (Fsp3) is 0.167. The maximum atomic E-state index is 6.40. The van der Waals surface area contributed by atoms with Crippen LogP contribution in [0.2, 0.25) is 0 Å². The van der Waals surface area contributed by atoms with Crippen LogP contribution in [0.1, 0.15) is 27.7 Å². The van der Waals surface area contributed by atoms with Crippen molar-refractivity contribution in [2.45, 2.75) is 38.9 Å². The molecule has 3 nitrogen and oxygen atoms in total. The molecule has 6 aromatic carbocycles. The molecule has 4 heteroatoms. The molecule has 1 saturated heterocycles. The summed E-state index contributed by atoms with van der Waals surface area (Å²) in [6.45, 7) is 8.40. The van der Waals surface area contributed by atoms with Crippen molar-refractivity contribution in [3.63, 3.8) is 0 Å². The zero-order chi connectivity index (χ0) is 27.2. The highest BCUT2D eigenvalue weighted by molar-refractivity contribution is 6.62. The van der Waals surface area contributed by atoms with E-state index in [1.807, 2.05) is 0 Å². The Labute approximate surface area is 234 Å². The summed E-state index contributed by atoms with van der Waals surface area (Å²) in [6.07, 6.45) is 0. The monoisotopic (exact) mass is 519 g/mol. The number of aromatic nitrogens is 1. The third-order valence-corrected chi connectivity index (χ3v) is 9.21. The highest BCUT2D eigenvalue weighted by Crippen LogP contribution is 2.39. The average Bonchev–Trinajstić information content (AvgIpc) is 3.41. The fourth-order valence-corrected chi connectivity index (χ4v) is 6.43. The molecule has 1 fully saturated rings. The predicted molar refractivity (Wildman–Crippen MR) is 169 cm³/mol. The normalized spacial score (nSPS) is 16.6. The van der Waals surface area contributed by atoms with Gasteiger partial charge in [0.05, 0.1) is 22.2 Å². The Morgan fingerprint density at radius 2 is 0.975 bits per heavy atom. The molecule has 0 unspecified atom stereocenters. The van der Waals surface area contributed by atoms with Gasteiger partial charge in [0.15, 0.2) is 0 Å². The summed E-state index contributed by atoms with van der Waals surface area (Å²) >= 11 is 0. The van der Waals surface area contributed by atoms with Crippen LogP contribution >= 0.6 is 0 Å². The Morgan fingerprint density at radius 3 is 1.60 bits per heavy atom. The summed E-state index contributed by atoms with van der Waals surface area (Å²) in [7, 11) is -0.392. The van der Waals surface area contributed by atoms with Crippen LogP contribution < -0.4 is 5.46 Å². The zero-order valence-electron chi connectivity index (χ0n) is 23.2.